The molecule has 0 unspecified atom stereocenters. The summed E-state index contributed by atoms with van der Waals surface area (Å²) in [5.41, 5.74) is 18.1. The van der Waals surface area contributed by atoms with Gasteiger partial charge in [0.1, 0.15) is 0 Å². The zero-order valence-electron chi connectivity index (χ0n) is 36.0. The van der Waals surface area contributed by atoms with Crippen molar-refractivity contribution in [1.82, 2.24) is 0 Å². The fraction of sp³-hybridized carbons (Fsp3) is 0.0476. The Labute approximate surface area is 375 Å². The maximum atomic E-state index is 2.51. The average molecular weight is 816 g/mol. The molecular formula is C63H45N. The van der Waals surface area contributed by atoms with E-state index in [4.69, 9.17) is 0 Å². The van der Waals surface area contributed by atoms with Gasteiger partial charge in [-0.25, -0.2) is 0 Å². The van der Waals surface area contributed by atoms with E-state index >= 15 is 0 Å². The van der Waals surface area contributed by atoms with E-state index in [1.807, 2.05) is 0 Å². The lowest BCUT2D eigenvalue weighted by Crippen LogP contribution is -2.17. The van der Waals surface area contributed by atoms with E-state index < -0.39 is 0 Å². The molecule has 1 aliphatic rings. The van der Waals surface area contributed by atoms with Gasteiger partial charge in [0.05, 0.1) is 5.69 Å². The van der Waals surface area contributed by atoms with Crippen LogP contribution in [0.2, 0.25) is 0 Å². The quantitative estimate of drug-likeness (QED) is 0.145. The fourth-order valence-corrected chi connectivity index (χ4v) is 10.5. The van der Waals surface area contributed by atoms with E-state index in [9.17, 15) is 0 Å². The molecule has 11 aromatic carbocycles. The Morgan fingerprint density at radius 2 is 0.828 bits per heavy atom. The highest BCUT2D eigenvalue weighted by atomic mass is 15.1. The molecule has 0 atom stereocenters. The van der Waals surface area contributed by atoms with Crippen molar-refractivity contribution in [1.29, 1.82) is 0 Å². The maximum absolute atomic E-state index is 2.51. The molecule has 0 saturated carbocycles. The van der Waals surface area contributed by atoms with Gasteiger partial charge in [-0.1, -0.05) is 214 Å². The molecule has 0 aromatic heterocycles. The summed E-state index contributed by atoms with van der Waals surface area (Å²) in [5.74, 6) is 0. The van der Waals surface area contributed by atoms with Gasteiger partial charge in [-0.2, -0.15) is 0 Å². The van der Waals surface area contributed by atoms with Crippen molar-refractivity contribution in [2.24, 2.45) is 0 Å². The van der Waals surface area contributed by atoms with Crippen LogP contribution in [-0.4, -0.2) is 0 Å². The van der Waals surface area contributed by atoms with Crippen molar-refractivity contribution in [3.63, 3.8) is 0 Å². The van der Waals surface area contributed by atoms with Crippen LogP contribution in [0.25, 0.3) is 88.0 Å². The third-order valence-electron chi connectivity index (χ3n) is 13.7. The van der Waals surface area contributed by atoms with Crippen molar-refractivity contribution >= 4 is 49.4 Å². The molecule has 0 radical (unpaired) electrons. The van der Waals surface area contributed by atoms with Gasteiger partial charge in [0.2, 0.25) is 0 Å². The number of benzene rings is 11. The Bertz CT molecular complexity index is 3560. The molecule has 0 spiro atoms. The predicted molar refractivity (Wildman–Crippen MR) is 273 cm³/mol. The van der Waals surface area contributed by atoms with Crippen LogP contribution in [0.3, 0.4) is 0 Å². The molecular weight excluding hydrogens is 771 g/mol. The second-order valence-electron chi connectivity index (χ2n) is 17.6. The molecule has 0 N–H and O–H groups in total. The lowest BCUT2D eigenvalue weighted by molar-refractivity contribution is 0.660. The minimum Gasteiger partial charge on any atom is -0.310 e. The van der Waals surface area contributed by atoms with Gasteiger partial charge < -0.3 is 4.90 Å². The first-order valence-corrected chi connectivity index (χ1v) is 22.3. The topological polar surface area (TPSA) is 3.24 Å². The first-order valence-electron chi connectivity index (χ1n) is 22.3. The Kier molecular flexibility index (Phi) is 8.91. The van der Waals surface area contributed by atoms with Gasteiger partial charge in [-0.15, -0.1) is 0 Å². The summed E-state index contributed by atoms with van der Waals surface area (Å²) in [7, 11) is 0. The molecule has 0 amide bonds. The zero-order valence-corrected chi connectivity index (χ0v) is 36.0. The molecule has 302 valence electrons. The van der Waals surface area contributed by atoms with Gasteiger partial charge in [0.25, 0.3) is 0 Å². The van der Waals surface area contributed by atoms with Crippen LogP contribution in [0.15, 0.2) is 237 Å². The van der Waals surface area contributed by atoms with Gasteiger partial charge >= 0.3 is 0 Å². The first-order chi connectivity index (χ1) is 31.5. The summed E-state index contributed by atoms with van der Waals surface area (Å²) in [6.07, 6.45) is 0. The van der Waals surface area contributed by atoms with Crippen molar-refractivity contribution < 1.29 is 0 Å². The maximum Gasteiger partial charge on any atom is 0.0546 e. The van der Waals surface area contributed by atoms with E-state index in [-0.39, 0.29) is 5.41 Å². The van der Waals surface area contributed by atoms with E-state index in [0.717, 1.165) is 17.1 Å². The molecule has 1 heteroatoms. The van der Waals surface area contributed by atoms with Gasteiger partial charge in [-0.3, -0.25) is 0 Å². The minimum atomic E-state index is -0.161. The first kappa shape index (κ1) is 37.7. The highest BCUT2D eigenvalue weighted by Crippen LogP contribution is 2.53. The third-order valence-corrected chi connectivity index (χ3v) is 13.7. The lowest BCUT2D eigenvalue weighted by Gasteiger charge is -2.31. The molecule has 64 heavy (non-hydrogen) atoms. The van der Waals surface area contributed by atoms with E-state index in [0.29, 0.717) is 0 Å². The average Bonchev–Trinajstić information content (AvgIpc) is 3.59. The Balaban J connectivity index is 1.13. The van der Waals surface area contributed by atoms with Crippen LogP contribution in [0, 0.1) is 0 Å². The van der Waals surface area contributed by atoms with E-state index in [1.54, 1.807) is 0 Å². The van der Waals surface area contributed by atoms with Gasteiger partial charge in [0.15, 0.2) is 0 Å². The molecule has 1 nitrogen and oxygen atoms in total. The molecule has 11 aromatic rings. The Morgan fingerprint density at radius 3 is 1.64 bits per heavy atom. The van der Waals surface area contributed by atoms with Gasteiger partial charge in [0, 0.05) is 22.4 Å². The summed E-state index contributed by atoms with van der Waals surface area (Å²) in [6.45, 7) is 4.74. The number of anilines is 3. The van der Waals surface area contributed by atoms with Crippen LogP contribution in [0.5, 0.6) is 0 Å². The summed E-state index contributed by atoms with van der Waals surface area (Å²) >= 11 is 0. The summed E-state index contributed by atoms with van der Waals surface area (Å²) in [5, 5.41) is 7.46. The smallest absolute Gasteiger partial charge is 0.0546 e. The number of rotatable bonds is 7. The number of fused-ring (bicyclic) bond motifs is 7. The number of hydrogen-bond acceptors (Lipinski definition) is 1. The lowest BCUT2D eigenvalue weighted by atomic mass is 9.82. The monoisotopic (exact) mass is 815 g/mol. The fourth-order valence-electron chi connectivity index (χ4n) is 10.5. The van der Waals surface area contributed by atoms with Crippen molar-refractivity contribution in [3.05, 3.63) is 248 Å². The molecule has 0 heterocycles. The normalized spacial score (nSPS) is 12.7. The van der Waals surface area contributed by atoms with Crippen LogP contribution >= 0.6 is 0 Å². The molecule has 1 aliphatic carbocycles. The summed E-state index contributed by atoms with van der Waals surface area (Å²) < 4.78 is 0. The molecule has 0 saturated heterocycles. The molecule has 0 bridgehead atoms. The second-order valence-corrected chi connectivity index (χ2v) is 17.6. The van der Waals surface area contributed by atoms with Crippen LogP contribution in [0.1, 0.15) is 25.0 Å². The third kappa shape index (κ3) is 6.15. The second kappa shape index (κ2) is 15.1. The summed E-state index contributed by atoms with van der Waals surface area (Å²) in [4.78, 5) is 2.51. The minimum absolute atomic E-state index is 0.161. The van der Waals surface area contributed by atoms with Crippen LogP contribution < -0.4 is 4.90 Å². The summed E-state index contributed by atoms with van der Waals surface area (Å²) in [6, 6.07) is 87.4. The van der Waals surface area contributed by atoms with E-state index in [2.05, 4.69) is 255 Å². The van der Waals surface area contributed by atoms with Gasteiger partial charge in [-0.05, 0) is 130 Å². The highest BCUT2D eigenvalue weighted by Gasteiger charge is 2.36. The number of hydrogen-bond donors (Lipinski definition) is 0. The van der Waals surface area contributed by atoms with Crippen molar-refractivity contribution in [2.75, 3.05) is 4.90 Å². The predicted octanol–water partition coefficient (Wildman–Crippen LogP) is 17.6. The Morgan fingerprint density at radius 1 is 0.297 bits per heavy atom. The number of nitrogens with zero attached hydrogens (tertiary/aromatic N) is 1. The highest BCUT2D eigenvalue weighted by molar-refractivity contribution is 6.16. The molecule has 12 rings (SSSR count). The zero-order chi connectivity index (χ0) is 42.8. The SMILES string of the molecule is CC1(C)c2ccccc2-c2ccc(N(c3ccc(-c4cccc5ccccc45)cc3)c3cccc(-c4ccc(-c5ccccc5)cc4)c3-c3cc4ccccc4c4ccccc34)cc21. The largest absolute Gasteiger partial charge is 0.310 e. The Hall–Kier alpha value is -8.00. The van der Waals surface area contributed by atoms with E-state index in [1.165, 1.54) is 99.1 Å². The van der Waals surface area contributed by atoms with Crippen LogP contribution in [0.4, 0.5) is 17.1 Å². The standard InChI is InChI=1S/C63H45N/c1-63(2)59-28-13-12-25-56(59)57-39-38-49(41-60(57)63)64(48-36-34-45(35-37-48)51-26-14-20-44-18-6-8-21-50(44)51)61-29-15-27-53(46-32-30-43(31-33-46)42-16-4-3-5-17-42)62(61)58-40-47-19-7-9-22-52(47)54-23-10-11-24-55(54)58/h3-41H,1-2H3. The van der Waals surface area contributed by atoms with Crippen molar-refractivity contribution in [3.8, 4) is 55.6 Å². The molecule has 0 fully saturated rings. The molecule has 0 aliphatic heterocycles. The van der Waals surface area contributed by atoms with Crippen molar-refractivity contribution in [2.45, 2.75) is 19.3 Å². The van der Waals surface area contributed by atoms with Crippen LogP contribution in [-0.2, 0) is 5.41 Å².